The molecular formula is C13H15NO. The average Bonchev–Trinajstić information content (AvgIpc) is 2.19. The first kappa shape index (κ1) is 11.2. The average molecular weight is 201 g/mol. The predicted molar refractivity (Wildman–Crippen MR) is 65.2 cm³/mol. The monoisotopic (exact) mass is 201 g/mol. The van der Waals surface area contributed by atoms with Crippen LogP contribution in [-0.4, -0.2) is 11.3 Å². The fraction of sp³-hybridized carbons (Fsp3) is 0.154. The van der Waals surface area contributed by atoms with Crippen LogP contribution in [0.25, 0.3) is 11.1 Å². The van der Waals surface area contributed by atoms with Gasteiger partial charge in [-0.15, -0.1) is 0 Å². The zero-order chi connectivity index (χ0) is 11.4. The lowest BCUT2D eigenvalue weighted by atomic mass is 10.0. The molecule has 1 rings (SSSR count). The second-order valence-electron chi connectivity index (χ2n) is 3.40. The number of allylic oxidation sites excluding steroid dienone is 3. The van der Waals surface area contributed by atoms with Crippen LogP contribution in [0, 0.1) is 5.41 Å². The molecule has 0 fully saturated rings. The summed E-state index contributed by atoms with van der Waals surface area (Å²) in [5.41, 5.74) is 3.21. The van der Waals surface area contributed by atoms with Gasteiger partial charge in [-0.25, -0.2) is 0 Å². The summed E-state index contributed by atoms with van der Waals surface area (Å²) < 4.78 is 0. The van der Waals surface area contributed by atoms with Crippen molar-refractivity contribution in [1.29, 1.82) is 5.41 Å². The predicted octanol–water partition coefficient (Wildman–Crippen LogP) is 3.48. The molecule has 1 aromatic rings. The lowest BCUT2D eigenvalue weighted by molar-refractivity contribution is 0.473. The molecular weight excluding hydrogens is 186 g/mol. The highest BCUT2D eigenvalue weighted by molar-refractivity contribution is 6.08. The SMILES string of the molecule is C=C(C)c1ccc(C(C=N)=CC)cc1O. The second-order valence-corrected chi connectivity index (χ2v) is 3.40. The van der Waals surface area contributed by atoms with E-state index in [1.165, 1.54) is 6.21 Å². The van der Waals surface area contributed by atoms with Crippen LogP contribution in [0.4, 0.5) is 0 Å². The molecule has 2 nitrogen and oxygen atoms in total. The Balaban J connectivity index is 3.23. The number of aromatic hydroxyl groups is 1. The summed E-state index contributed by atoms with van der Waals surface area (Å²) in [7, 11) is 0. The van der Waals surface area contributed by atoms with E-state index in [1.807, 2.05) is 32.1 Å². The number of nitrogens with one attached hydrogen (secondary N) is 1. The fourth-order valence-corrected chi connectivity index (χ4v) is 1.41. The molecule has 0 spiro atoms. The highest BCUT2D eigenvalue weighted by atomic mass is 16.3. The number of hydrogen-bond acceptors (Lipinski definition) is 2. The van der Waals surface area contributed by atoms with Crippen LogP contribution in [-0.2, 0) is 0 Å². The van der Waals surface area contributed by atoms with Crippen LogP contribution in [0.1, 0.15) is 25.0 Å². The van der Waals surface area contributed by atoms with Crippen LogP contribution in [0.2, 0.25) is 0 Å². The van der Waals surface area contributed by atoms with Gasteiger partial charge in [-0.1, -0.05) is 24.8 Å². The molecule has 0 radical (unpaired) electrons. The zero-order valence-corrected chi connectivity index (χ0v) is 9.04. The van der Waals surface area contributed by atoms with E-state index in [4.69, 9.17) is 5.41 Å². The molecule has 0 aromatic heterocycles. The minimum absolute atomic E-state index is 0.209. The smallest absolute Gasteiger partial charge is 0.123 e. The molecule has 0 unspecified atom stereocenters. The Hall–Kier alpha value is -1.83. The summed E-state index contributed by atoms with van der Waals surface area (Å²) in [6.07, 6.45) is 3.11. The lowest BCUT2D eigenvalue weighted by Crippen LogP contribution is -1.87. The quantitative estimate of drug-likeness (QED) is 0.722. The topological polar surface area (TPSA) is 44.1 Å². The van der Waals surface area contributed by atoms with Gasteiger partial charge in [0.15, 0.2) is 0 Å². The third kappa shape index (κ3) is 2.34. The Kier molecular flexibility index (Phi) is 3.45. The number of hydrogen-bond donors (Lipinski definition) is 2. The van der Waals surface area contributed by atoms with Crippen molar-refractivity contribution in [2.24, 2.45) is 0 Å². The third-order valence-corrected chi connectivity index (χ3v) is 2.26. The second kappa shape index (κ2) is 4.60. The van der Waals surface area contributed by atoms with Gasteiger partial charge in [0.1, 0.15) is 5.75 Å². The maximum atomic E-state index is 9.74. The van der Waals surface area contributed by atoms with Gasteiger partial charge in [0.05, 0.1) is 0 Å². The van der Waals surface area contributed by atoms with Crippen LogP contribution in [0.3, 0.4) is 0 Å². The van der Waals surface area contributed by atoms with E-state index in [0.29, 0.717) is 0 Å². The van der Waals surface area contributed by atoms with Gasteiger partial charge in [-0.2, -0.15) is 0 Å². The van der Waals surface area contributed by atoms with Gasteiger partial charge < -0.3 is 10.5 Å². The molecule has 2 heteroatoms. The first-order chi connectivity index (χ1) is 7.10. The van der Waals surface area contributed by atoms with Crippen LogP contribution in [0.5, 0.6) is 5.75 Å². The van der Waals surface area contributed by atoms with E-state index in [1.54, 1.807) is 6.07 Å². The maximum Gasteiger partial charge on any atom is 0.123 e. The Labute approximate surface area is 90.1 Å². The standard InChI is InChI=1S/C13H15NO/c1-4-10(8-14)11-5-6-12(9(2)3)13(15)7-11/h4-8,14-15H,2H2,1,3H3. The largest absolute Gasteiger partial charge is 0.507 e. The first-order valence-corrected chi connectivity index (χ1v) is 4.76. The van der Waals surface area contributed by atoms with Gasteiger partial charge in [-0.3, -0.25) is 0 Å². The van der Waals surface area contributed by atoms with Crippen LogP contribution in [0.15, 0.2) is 30.9 Å². The van der Waals surface area contributed by atoms with E-state index in [0.717, 1.165) is 22.3 Å². The summed E-state index contributed by atoms with van der Waals surface area (Å²) in [4.78, 5) is 0. The molecule has 0 aliphatic rings. The summed E-state index contributed by atoms with van der Waals surface area (Å²) in [6.45, 7) is 7.50. The molecule has 0 saturated carbocycles. The molecule has 0 aliphatic heterocycles. The van der Waals surface area contributed by atoms with Crippen molar-refractivity contribution in [1.82, 2.24) is 0 Å². The van der Waals surface area contributed by atoms with E-state index in [2.05, 4.69) is 6.58 Å². The summed E-state index contributed by atoms with van der Waals surface area (Å²) in [5, 5.41) is 17.0. The van der Waals surface area contributed by atoms with Gasteiger partial charge in [0.2, 0.25) is 0 Å². The van der Waals surface area contributed by atoms with Gasteiger partial charge in [0.25, 0.3) is 0 Å². The van der Waals surface area contributed by atoms with Gasteiger partial charge in [-0.05, 0) is 36.6 Å². The normalized spacial score (nSPS) is 11.2. The van der Waals surface area contributed by atoms with Crippen molar-refractivity contribution < 1.29 is 5.11 Å². The molecule has 0 atom stereocenters. The molecule has 0 heterocycles. The van der Waals surface area contributed by atoms with Crippen molar-refractivity contribution in [2.75, 3.05) is 0 Å². The molecule has 0 saturated heterocycles. The van der Waals surface area contributed by atoms with Crippen molar-refractivity contribution in [3.05, 3.63) is 42.0 Å². The summed E-state index contributed by atoms with van der Waals surface area (Å²) in [5.74, 6) is 0.209. The highest BCUT2D eigenvalue weighted by Crippen LogP contribution is 2.27. The van der Waals surface area contributed by atoms with Crippen molar-refractivity contribution >= 4 is 17.4 Å². The molecule has 2 N–H and O–H groups in total. The highest BCUT2D eigenvalue weighted by Gasteiger charge is 2.04. The van der Waals surface area contributed by atoms with Gasteiger partial charge >= 0.3 is 0 Å². The minimum Gasteiger partial charge on any atom is -0.507 e. The molecule has 1 aromatic carbocycles. The fourth-order valence-electron chi connectivity index (χ4n) is 1.41. The molecule has 15 heavy (non-hydrogen) atoms. The van der Waals surface area contributed by atoms with E-state index >= 15 is 0 Å². The molecule has 0 bridgehead atoms. The third-order valence-electron chi connectivity index (χ3n) is 2.26. The van der Waals surface area contributed by atoms with E-state index < -0.39 is 0 Å². The molecule has 0 aliphatic carbocycles. The Morgan fingerprint density at radius 3 is 2.53 bits per heavy atom. The van der Waals surface area contributed by atoms with E-state index in [9.17, 15) is 5.11 Å². The minimum atomic E-state index is 0.209. The Morgan fingerprint density at radius 2 is 2.13 bits per heavy atom. The first-order valence-electron chi connectivity index (χ1n) is 4.76. The Morgan fingerprint density at radius 1 is 1.47 bits per heavy atom. The summed E-state index contributed by atoms with van der Waals surface area (Å²) >= 11 is 0. The van der Waals surface area contributed by atoms with Crippen LogP contribution >= 0.6 is 0 Å². The van der Waals surface area contributed by atoms with Crippen LogP contribution < -0.4 is 0 Å². The van der Waals surface area contributed by atoms with Gasteiger partial charge in [0, 0.05) is 11.8 Å². The number of phenolic OH excluding ortho intramolecular Hbond substituents is 1. The Bertz CT molecular complexity index is 430. The van der Waals surface area contributed by atoms with Crippen molar-refractivity contribution in [3.63, 3.8) is 0 Å². The molecule has 78 valence electrons. The lowest BCUT2D eigenvalue weighted by Gasteiger charge is -2.07. The van der Waals surface area contributed by atoms with Crippen molar-refractivity contribution in [3.8, 4) is 5.75 Å². The molecule has 0 amide bonds. The maximum absolute atomic E-state index is 9.74. The van der Waals surface area contributed by atoms with Crippen molar-refractivity contribution in [2.45, 2.75) is 13.8 Å². The summed E-state index contributed by atoms with van der Waals surface area (Å²) in [6, 6.07) is 5.36. The number of benzene rings is 1. The zero-order valence-electron chi connectivity index (χ0n) is 9.04. The number of phenols is 1. The number of rotatable bonds is 3. The van der Waals surface area contributed by atoms with E-state index in [-0.39, 0.29) is 5.75 Å².